The van der Waals surface area contributed by atoms with E-state index in [-0.39, 0.29) is 23.0 Å². The molecule has 2 aromatic rings. The fourth-order valence-corrected chi connectivity index (χ4v) is 3.00. The molecule has 1 aliphatic rings. The van der Waals surface area contributed by atoms with Gasteiger partial charge in [0.05, 0.1) is 16.9 Å². The first-order valence-electron chi connectivity index (χ1n) is 6.07. The molecule has 0 radical (unpaired) electrons. The lowest BCUT2D eigenvalue weighted by Crippen LogP contribution is -2.27. The van der Waals surface area contributed by atoms with Crippen molar-refractivity contribution < 1.29 is 14.0 Å². The number of imide groups is 1. The second-order valence-corrected chi connectivity index (χ2v) is 5.85. The van der Waals surface area contributed by atoms with E-state index in [0.717, 1.165) is 17.3 Å². The van der Waals surface area contributed by atoms with Gasteiger partial charge < -0.3 is 4.42 Å². The number of nitrogens with one attached hydrogen (secondary N) is 1. The van der Waals surface area contributed by atoms with Crippen molar-refractivity contribution in [3.63, 3.8) is 0 Å². The SMILES string of the molecule is Cc1ccc2occ(CC3SC(=O)NC3=O)c(=O)c2c1. The maximum absolute atomic E-state index is 12.4. The van der Waals surface area contributed by atoms with Crippen LogP contribution in [0.5, 0.6) is 0 Å². The molecule has 0 bridgehead atoms. The number of carbonyl (C=O) groups excluding carboxylic acids is 2. The second-order valence-electron chi connectivity index (χ2n) is 4.68. The third kappa shape index (κ3) is 2.22. The second kappa shape index (κ2) is 4.79. The average Bonchev–Trinajstić information content (AvgIpc) is 2.72. The molecule has 1 aromatic heterocycles. The van der Waals surface area contributed by atoms with Gasteiger partial charge >= 0.3 is 0 Å². The number of fused-ring (bicyclic) bond motifs is 1. The first-order chi connectivity index (χ1) is 9.54. The van der Waals surface area contributed by atoms with Crippen molar-refractivity contribution in [3.8, 4) is 0 Å². The molecular formula is C14H11NO4S. The number of carbonyl (C=O) groups is 2. The topological polar surface area (TPSA) is 76.4 Å². The molecule has 2 amide bonds. The fourth-order valence-electron chi connectivity index (χ4n) is 2.15. The molecule has 0 spiro atoms. The number of thioether (sulfide) groups is 1. The molecular weight excluding hydrogens is 278 g/mol. The van der Waals surface area contributed by atoms with Gasteiger partial charge in [-0.3, -0.25) is 19.7 Å². The van der Waals surface area contributed by atoms with E-state index in [2.05, 4.69) is 5.32 Å². The summed E-state index contributed by atoms with van der Waals surface area (Å²) in [6.07, 6.45) is 1.56. The third-order valence-electron chi connectivity index (χ3n) is 3.17. The summed E-state index contributed by atoms with van der Waals surface area (Å²) in [5.41, 5.74) is 1.74. The Bertz CT molecular complexity index is 780. The van der Waals surface area contributed by atoms with Crippen LogP contribution in [0.4, 0.5) is 4.79 Å². The highest BCUT2D eigenvalue weighted by molar-refractivity contribution is 8.15. The van der Waals surface area contributed by atoms with Crippen LogP contribution in [0.3, 0.4) is 0 Å². The van der Waals surface area contributed by atoms with E-state index < -0.39 is 5.25 Å². The van der Waals surface area contributed by atoms with Crippen LogP contribution < -0.4 is 10.7 Å². The Balaban J connectivity index is 2.00. The molecule has 1 N–H and O–H groups in total. The van der Waals surface area contributed by atoms with E-state index in [1.165, 1.54) is 6.26 Å². The summed E-state index contributed by atoms with van der Waals surface area (Å²) >= 11 is 0.906. The molecule has 20 heavy (non-hydrogen) atoms. The summed E-state index contributed by atoms with van der Waals surface area (Å²) in [7, 11) is 0. The summed E-state index contributed by atoms with van der Waals surface area (Å²) in [5, 5.41) is 1.77. The van der Waals surface area contributed by atoms with Gasteiger partial charge in [-0.25, -0.2) is 0 Å². The van der Waals surface area contributed by atoms with E-state index in [0.29, 0.717) is 16.5 Å². The Morgan fingerprint density at radius 3 is 2.80 bits per heavy atom. The lowest BCUT2D eigenvalue weighted by Gasteiger charge is -2.05. The Hall–Kier alpha value is -2.08. The molecule has 102 valence electrons. The molecule has 3 rings (SSSR count). The van der Waals surface area contributed by atoms with Crippen LogP contribution in [0.2, 0.25) is 0 Å². The van der Waals surface area contributed by atoms with E-state index in [1.807, 2.05) is 13.0 Å². The molecule has 1 aromatic carbocycles. The van der Waals surface area contributed by atoms with Gasteiger partial charge in [-0.15, -0.1) is 0 Å². The maximum Gasteiger partial charge on any atom is 0.286 e. The maximum atomic E-state index is 12.4. The molecule has 1 aliphatic heterocycles. The monoisotopic (exact) mass is 289 g/mol. The van der Waals surface area contributed by atoms with Crippen LogP contribution in [-0.2, 0) is 11.2 Å². The van der Waals surface area contributed by atoms with Crippen LogP contribution in [-0.4, -0.2) is 16.4 Å². The van der Waals surface area contributed by atoms with Crippen LogP contribution >= 0.6 is 11.8 Å². The van der Waals surface area contributed by atoms with Crippen molar-refractivity contribution in [1.82, 2.24) is 5.32 Å². The number of hydrogen-bond acceptors (Lipinski definition) is 5. The minimum Gasteiger partial charge on any atom is -0.464 e. The summed E-state index contributed by atoms with van der Waals surface area (Å²) in [6.45, 7) is 1.89. The molecule has 1 saturated heterocycles. The molecule has 5 nitrogen and oxygen atoms in total. The summed E-state index contributed by atoms with van der Waals surface area (Å²) in [6, 6.07) is 5.37. The lowest BCUT2D eigenvalue weighted by atomic mass is 10.1. The molecule has 0 aliphatic carbocycles. The van der Waals surface area contributed by atoms with Gasteiger partial charge in [0.1, 0.15) is 5.58 Å². The standard InChI is InChI=1S/C14H11NO4S/c1-7-2-3-10-9(4-7)12(16)8(6-19-10)5-11-13(17)15-14(18)20-11/h2-4,6,11H,5H2,1H3,(H,15,17,18). The summed E-state index contributed by atoms with van der Waals surface area (Å²) in [4.78, 5) is 35.0. The molecule has 1 fully saturated rings. The molecule has 6 heteroatoms. The minimum atomic E-state index is -0.562. The fraction of sp³-hybridized carbons (Fsp3) is 0.214. The van der Waals surface area contributed by atoms with Crippen molar-refractivity contribution in [3.05, 3.63) is 45.8 Å². The average molecular weight is 289 g/mol. The van der Waals surface area contributed by atoms with Gasteiger partial charge in [-0.05, 0) is 19.1 Å². The molecule has 0 saturated carbocycles. The van der Waals surface area contributed by atoms with Crippen molar-refractivity contribution in [1.29, 1.82) is 0 Å². The van der Waals surface area contributed by atoms with E-state index in [1.54, 1.807) is 12.1 Å². The van der Waals surface area contributed by atoms with Gasteiger partial charge in [-0.2, -0.15) is 0 Å². The number of benzene rings is 1. The lowest BCUT2D eigenvalue weighted by molar-refractivity contribution is -0.118. The first kappa shape index (κ1) is 12.9. The molecule has 1 unspecified atom stereocenters. The third-order valence-corrected chi connectivity index (χ3v) is 4.15. The van der Waals surface area contributed by atoms with Crippen LogP contribution in [0.1, 0.15) is 11.1 Å². The number of amides is 2. The van der Waals surface area contributed by atoms with Gasteiger partial charge in [-0.1, -0.05) is 23.4 Å². The highest BCUT2D eigenvalue weighted by Crippen LogP contribution is 2.23. The number of aryl methyl sites for hydroxylation is 1. The Morgan fingerprint density at radius 2 is 2.10 bits per heavy atom. The smallest absolute Gasteiger partial charge is 0.286 e. The van der Waals surface area contributed by atoms with Crippen LogP contribution in [0.15, 0.2) is 33.7 Å². The summed E-state index contributed by atoms with van der Waals surface area (Å²) in [5.74, 6) is -0.358. The highest BCUT2D eigenvalue weighted by Gasteiger charge is 2.32. The van der Waals surface area contributed by atoms with Crippen molar-refractivity contribution in [2.75, 3.05) is 0 Å². The predicted octanol–water partition coefficient (Wildman–Crippen LogP) is 2.00. The normalized spacial score (nSPS) is 18.6. The molecule has 2 heterocycles. The van der Waals surface area contributed by atoms with Gasteiger partial charge in [0.15, 0.2) is 5.43 Å². The zero-order chi connectivity index (χ0) is 14.3. The van der Waals surface area contributed by atoms with Crippen molar-refractivity contribution in [2.45, 2.75) is 18.6 Å². The van der Waals surface area contributed by atoms with Crippen molar-refractivity contribution >= 4 is 33.9 Å². The van der Waals surface area contributed by atoms with Gasteiger partial charge in [0.2, 0.25) is 5.91 Å². The Labute approximate surface area is 118 Å². The van der Waals surface area contributed by atoms with E-state index >= 15 is 0 Å². The predicted molar refractivity (Wildman–Crippen MR) is 75.8 cm³/mol. The largest absolute Gasteiger partial charge is 0.464 e. The van der Waals surface area contributed by atoms with Crippen LogP contribution in [0.25, 0.3) is 11.0 Å². The zero-order valence-electron chi connectivity index (χ0n) is 10.6. The number of hydrogen-bond donors (Lipinski definition) is 1. The number of rotatable bonds is 2. The van der Waals surface area contributed by atoms with Gasteiger partial charge in [0, 0.05) is 12.0 Å². The minimum absolute atomic E-state index is 0.150. The van der Waals surface area contributed by atoms with Crippen molar-refractivity contribution in [2.24, 2.45) is 0 Å². The highest BCUT2D eigenvalue weighted by atomic mass is 32.2. The van der Waals surface area contributed by atoms with Crippen LogP contribution in [0, 0.1) is 6.92 Å². The summed E-state index contributed by atoms with van der Waals surface area (Å²) < 4.78 is 5.43. The zero-order valence-corrected chi connectivity index (χ0v) is 11.5. The quantitative estimate of drug-likeness (QED) is 0.915. The van der Waals surface area contributed by atoms with E-state index in [4.69, 9.17) is 4.42 Å². The van der Waals surface area contributed by atoms with Gasteiger partial charge in [0.25, 0.3) is 5.24 Å². The first-order valence-corrected chi connectivity index (χ1v) is 6.95. The Kier molecular flexibility index (Phi) is 3.10. The van der Waals surface area contributed by atoms with E-state index in [9.17, 15) is 14.4 Å². The Morgan fingerprint density at radius 1 is 1.30 bits per heavy atom. The molecule has 1 atom stereocenters.